The Balaban J connectivity index is 1.99. The highest BCUT2D eigenvalue weighted by atomic mass is 16.6. The van der Waals surface area contributed by atoms with E-state index in [2.05, 4.69) is 0 Å². The normalized spacial score (nSPS) is 12.4. The van der Waals surface area contributed by atoms with Crippen LogP contribution in [0, 0.1) is 5.92 Å². The number of aromatic hydroxyl groups is 1. The third kappa shape index (κ3) is 7.79. The summed E-state index contributed by atoms with van der Waals surface area (Å²) in [5.74, 6) is -3.83. The molecule has 4 rings (SSSR count). The predicted molar refractivity (Wildman–Crippen MR) is 173 cm³/mol. The fourth-order valence-corrected chi connectivity index (χ4v) is 5.21. The van der Waals surface area contributed by atoms with Gasteiger partial charge in [0.15, 0.2) is 5.92 Å². The number of methoxy groups -OCH3 is 1. The number of esters is 3. The highest BCUT2D eigenvalue weighted by molar-refractivity contribution is 5.98. The van der Waals surface area contributed by atoms with Gasteiger partial charge in [-0.15, -0.1) is 0 Å². The fraction of sp³-hybridized carbons (Fsp3) is 0.289. The largest absolute Gasteiger partial charge is 0.507 e. The molecule has 0 saturated heterocycles. The molecule has 7 nitrogen and oxygen atoms in total. The van der Waals surface area contributed by atoms with E-state index < -0.39 is 40.6 Å². The van der Waals surface area contributed by atoms with E-state index >= 15 is 0 Å². The number of ether oxygens (including phenoxy) is 3. The molecule has 0 fully saturated rings. The first kappa shape index (κ1) is 33.0. The van der Waals surface area contributed by atoms with E-state index in [1.54, 1.807) is 84.9 Å². The Morgan fingerprint density at radius 2 is 1.04 bits per heavy atom. The van der Waals surface area contributed by atoms with Gasteiger partial charge >= 0.3 is 17.9 Å². The molecule has 1 atom stereocenters. The van der Waals surface area contributed by atoms with Crippen molar-refractivity contribution in [1.29, 1.82) is 0 Å². The molecule has 0 unspecified atom stereocenters. The maximum absolute atomic E-state index is 14.1. The van der Waals surface area contributed by atoms with Crippen molar-refractivity contribution in [2.45, 2.75) is 58.3 Å². The lowest BCUT2D eigenvalue weighted by atomic mass is 9.73. The third-order valence-electron chi connectivity index (χ3n) is 7.56. The molecule has 0 aliphatic heterocycles. The minimum absolute atomic E-state index is 0.161. The van der Waals surface area contributed by atoms with Crippen LogP contribution in [0.2, 0.25) is 0 Å². The molecule has 0 radical (unpaired) electrons. The minimum Gasteiger partial charge on any atom is -0.507 e. The topological polar surface area (TPSA) is 99.1 Å². The second-order valence-electron chi connectivity index (χ2n) is 13.0. The smallest absolute Gasteiger partial charge is 0.337 e. The summed E-state index contributed by atoms with van der Waals surface area (Å²) in [4.78, 5) is 40.5. The van der Waals surface area contributed by atoms with E-state index in [1.807, 2.05) is 53.7 Å². The second-order valence-corrected chi connectivity index (χ2v) is 13.0. The number of phenolic OH excluding ortho intramolecular Hbond substituents is 1. The van der Waals surface area contributed by atoms with Crippen LogP contribution in [-0.2, 0) is 25.2 Å². The monoisotopic (exact) mass is 608 g/mol. The fourth-order valence-electron chi connectivity index (χ4n) is 5.21. The standard InChI is InChI=1S/C38H40O7/c1-37(2,3)29-22-26(23-30(33(29)39)38(4,5)6)31(24-18-20-25(21-19-24)34(40)43-7)32(35(41)44-27-14-10-8-11-15-27)36(42)45-28-16-12-9-13-17-28/h8-23,31-32,39H,1-7H3/t31-/m1/s1. The van der Waals surface area contributed by atoms with Gasteiger partial charge < -0.3 is 19.3 Å². The van der Waals surface area contributed by atoms with Crippen molar-refractivity contribution in [1.82, 2.24) is 0 Å². The summed E-state index contributed by atoms with van der Waals surface area (Å²) >= 11 is 0. The maximum Gasteiger partial charge on any atom is 0.337 e. The van der Waals surface area contributed by atoms with Gasteiger partial charge in [0.05, 0.1) is 12.7 Å². The Labute approximate surface area is 264 Å². The zero-order chi connectivity index (χ0) is 32.9. The molecule has 7 heteroatoms. The number of hydrogen-bond acceptors (Lipinski definition) is 7. The molecule has 0 saturated carbocycles. The van der Waals surface area contributed by atoms with E-state index in [-0.39, 0.29) is 17.2 Å². The van der Waals surface area contributed by atoms with E-state index in [1.165, 1.54) is 7.11 Å². The van der Waals surface area contributed by atoms with Gasteiger partial charge in [-0.3, -0.25) is 9.59 Å². The molecular weight excluding hydrogens is 568 g/mol. The first-order valence-corrected chi connectivity index (χ1v) is 14.8. The number of rotatable bonds is 8. The van der Waals surface area contributed by atoms with Gasteiger partial charge in [0.25, 0.3) is 0 Å². The molecule has 0 amide bonds. The van der Waals surface area contributed by atoms with Gasteiger partial charge in [0, 0.05) is 5.92 Å². The number of hydrogen-bond donors (Lipinski definition) is 1. The Kier molecular flexibility index (Phi) is 9.81. The first-order valence-electron chi connectivity index (χ1n) is 14.8. The summed E-state index contributed by atoms with van der Waals surface area (Å²) in [6.45, 7) is 11.9. The summed E-state index contributed by atoms with van der Waals surface area (Å²) in [7, 11) is 1.30. The molecule has 0 aromatic heterocycles. The summed E-state index contributed by atoms with van der Waals surface area (Å²) in [6.07, 6.45) is 0. The molecule has 234 valence electrons. The van der Waals surface area contributed by atoms with Crippen molar-refractivity contribution in [3.05, 3.63) is 125 Å². The lowest BCUT2D eigenvalue weighted by Crippen LogP contribution is -2.37. The Bertz CT molecular complexity index is 1560. The lowest BCUT2D eigenvalue weighted by Gasteiger charge is -2.31. The quantitative estimate of drug-likeness (QED) is 0.124. The van der Waals surface area contributed by atoms with Gasteiger partial charge in [-0.1, -0.05) is 102 Å². The molecule has 0 bridgehead atoms. The van der Waals surface area contributed by atoms with Gasteiger partial charge in [0.2, 0.25) is 0 Å². The molecule has 4 aromatic rings. The molecule has 0 spiro atoms. The number of carbonyl (C=O) groups excluding carboxylic acids is 3. The molecular formula is C38H40O7. The van der Waals surface area contributed by atoms with Crippen LogP contribution in [0.1, 0.15) is 80.1 Å². The summed E-state index contributed by atoms with van der Waals surface area (Å²) in [5, 5.41) is 11.5. The van der Waals surface area contributed by atoms with Crippen LogP contribution in [-0.4, -0.2) is 30.1 Å². The molecule has 1 N–H and O–H groups in total. The summed E-state index contributed by atoms with van der Waals surface area (Å²) < 4.78 is 16.5. The van der Waals surface area contributed by atoms with E-state index in [0.717, 1.165) is 0 Å². The number of benzene rings is 4. The predicted octanol–water partition coefficient (Wildman–Crippen LogP) is 7.73. The average Bonchev–Trinajstić information content (AvgIpc) is 2.99. The SMILES string of the molecule is COC(=O)c1ccc([C@H](c2cc(C(C)(C)C)c(O)c(C(C)(C)C)c2)C(C(=O)Oc2ccccc2)C(=O)Oc2ccccc2)cc1. The Morgan fingerprint density at radius 3 is 1.42 bits per heavy atom. The van der Waals surface area contributed by atoms with Crippen LogP contribution in [0.15, 0.2) is 97.1 Å². The zero-order valence-corrected chi connectivity index (χ0v) is 26.8. The number of para-hydroxylation sites is 2. The van der Waals surface area contributed by atoms with Crippen molar-refractivity contribution in [2.75, 3.05) is 7.11 Å². The van der Waals surface area contributed by atoms with Crippen LogP contribution < -0.4 is 9.47 Å². The van der Waals surface area contributed by atoms with Crippen molar-refractivity contribution < 1.29 is 33.7 Å². The van der Waals surface area contributed by atoms with Crippen molar-refractivity contribution in [3.8, 4) is 17.2 Å². The van der Waals surface area contributed by atoms with Gasteiger partial charge in [-0.2, -0.15) is 0 Å². The third-order valence-corrected chi connectivity index (χ3v) is 7.56. The lowest BCUT2D eigenvalue weighted by molar-refractivity contribution is -0.152. The second kappa shape index (κ2) is 13.4. The summed E-state index contributed by atoms with van der Waals surface area (Å²) in [6, 6.07) is 27.3. The summed E-state index contributed by atoms with van der Waals surface area (Å²) in [5.41, 5.74) is 1.84. The molecule has 0 aliphatic rings. The molecule has 45 heavy (non-hydrogen) atoms. The van der Waals surface area contributed by atoms with Crippen LogP contribution in [0.25, 0.3) is 0 Å². The molecule has 0 aliphatic carbocycles. The highest BCUT2D eigenvalue weighted by Gasteiger charge is 2.42. The van der Waals surface area contributed by atoms with Crippen LogP contribution in [0.5, 0.6) is 17.2 Å². The average molecular weight is 609 g/mol. The van der Waals surface area contributed by atoms with Crippen LogP contribution >= 0.6 is 0 Å². The van der Waals surface area contributed by atoms with Crippen molar-refractivity contribution in [2.24, 2.45) is 5.92 Å². The van der Waals surface area contributed by atoms with Gasteiger partial charge in [-0.25, -0.2) is 4.79 Å². The number of carbonyl (C=O) groups is 3. The minimum atomic E-state index is -1.47. The Morgan fingerprint density at radius 1 is 0.622 bits per heavy atom. The Hall–Kier alpha value is -4.91. The van der Waals surface area contributed by atoms with Gasteiger partial charge in [-0.05, 0) is 69.5 Å². The molecule has 4 aromatic carbocycles. The van der Waals surface area contributed by atoms with Crippen molar-refractivity contribution >= 4 is 17.9 Å². The maximum atomic E-state index is 14.1. The zero-order valence-electron chi connectivity index (χ0n) is 26.8. The van der Waals surface area contributed by atoms with Crippen LogP contribution in [0.4, 0.5) is 0 Å². The van der Waals surface area contributed by atoms with Crippen LogP contribution in [0.3, 0.4) is 0 Å². The van der Waals surface area contributed by atoms with E-state index in [4.69, 9.17) is 14.2 Å². The van der Waals surface area contributed by atoms with E-state index in [9.17, 15) is 19.5 Å². The van der Waals surface area contributed by atoms with Crippen molar-refractivity contribution in [3.63, 3.8) is 0 Å². The number of phenols is 1. The van der Waals surface area contributed by atoms with Gasteiger partial charge in [0.1, 0.15) is 17.2 Å². The van der Waals surface area contributed by atoms with E-state index in [0.29, 0.717) is 27.8 Å². The first-order chi connectivity index (χ1) is 21.2. The highest BCUT2D eigenvalue weighted by Crippen LogP contribution is 2.44. The molecule has 0 heterocycles.